The minimum absolute atomic E-state index is 0.270. The summed E-state index contributed by atoms with van der Waals surface area (Å²) < 4.78 is 15.3. The van der Waals surface area contributed by atoms with Gasteiger partial charge in [-0.25, -0.2) is 0 Å². The maximum Gasteiger partial charge on any atom is 0.376 e. The van der Waals surface area contributed by atoms with Crippen LogP contribution < -0.4 is 0 Å². The van der Waals surface area contributed by atoms with Crippen LogP contribution >= 0.6 is 0 Å². The van der Waals surface area contributed by atoms with Gasteiger partial charge in [-0.3, -0.25) is 4.79 Å². The Kier molecular flexibility index (Phi) is 5.11. The molecule has 0 aromatic rings. The van der Waals surface area contributed by atoms with Gasteiger partial charge in [-0.1, -0.05) is 6.92 Å². The smallest absolute Gasteiger partial charge is 0.376 e. The Labute approximate surface area is 74.1 Å². The molecule has 0 radical (unpaired) electrons. The molecule has 0 fully saturated rings. The van der Waals surface area contributed by atoms with E-state index < -0.39 is 8.56 Å². The molecule has 0 unspecified atom stereocenters. The molecule has 0 atom stereocenters. The second-order valence-electron chi connectivity index (χ2n) is 2.45. The molecule has 0 saturated carbocycles. The number of rotatable bonds is 5. The molecule has 0 aliphatic rings. The summed E-state index contributed by atoms with van der Waals surface area (Å²) in [4.78, 5) is 10.5. The summed E-state index contributed by atoms with van der Waals surface area (Å²) >= 11 is 0. The lowest BCUT2D eigenvalue weighted by atomic mass is 10.8. The van der Waals surface area contributed by atoms with Crippen LogP contribution in [0.5, 0.6) is 0 Å². The summed E-state index contributed by atoms with van der Waals surface area (Å²) in [6, 6.07) is 0.771. The monoisotopic (exact) mass is 192 g/mol. The maximum atomic E-state index is 10.5. The highest BCUT2D eigenvalue weighted by Gasteiger charge is 2.34. The Balaban J connectivity index is 4.01. The van der Waals surface area contributed by atoms with E-state index in [1.165, 1.54) is 6.92 Å². The molecule has 0 amide bonds. The third-order valence-electron chi connectivity index (χ3n) is 1.78. The van der Waals surface area contributed by atoms with Crippen LogP contribution in [0.1, 0.15) is 13.8 Å². The first-order chi connectivity index (χ1) is 5.60. The van der Waals surface area contributed by atoms with Crippen LogP contribution in [0.2, 0.25) is 6.04 Å². The number of carbonyl (C=O) groups excluding carboxylic acids is 1. The molecule has 0 rings (SSSR count). The minimum Gasteiger partial charge on any atom is -0.464 e. The van der Waals surface area contributed by atoms with Gasteiger partial charge in [0, 0.05) is 21.1 Å². The Hall–Kier alpha value is -0.393. The predicted molar refractivity (Wildman–Crippen MR) is 46.9 cm³/mol. The van der Waals surface area contributed by atoms with Crippen LogP contribution in [0.4, 0.5) is 0 Å². The van der Waals surface area contributed by atoms with Crippen LogP contribution in [0.3, 0.4) is 0 Å². The molecule has 0 N–H and O–H groups in total. The van der Waals surface area contributed by atoms with E-state index in [-0.39, 0.29) is 12.2 Å². The largest absolute Gasteiger partial charge is 0.464 e. The van der Waals surface area contributed by atoms with Crippen LogP contribution in [0.15, 0.2) is 0 Å². The fourth-order valence-corrected chi connectivity index (χ4v) is 2.41. The van der Waals surface area contributed by atoms with Crippen molar-refractivity contribution in [3.8, 4) is 0 Å². The number of hydrogen-bond donors (Lipinski definition) is 0. The minimum atomic E-state index is -2.22. The maximum absolute atomic E-state index is 10.5. The van der Waals surface area contributed by atoms with Gasteiger partial charge in [-0.15, -0.1) is 0 Å². The van der Waals surface area contributed by atoms with Gasteiger partial charge in [-0.05, 0) is 6.04 Å². The highest BCUT2D eigenvalue weighted by Crippen LogP contribution is 2.11. The summed E-state index contributed by atoms with van der Waals surface area (Å²) in [6.45, 7) is 3.34. The molecular weight excluding hydrogens is 176 g/mol. The number of esters is 1. The summed E-state index contributed by atoms with van der Waals surface area (Å²) in [5.41, 5.74) is 0. The third-order valence-corrected chi connectivity index (χ3v) is 4.93. The first kappa shape index (κ1) is 11.6. The highest BCUT2D eigenvalue weighted by atomic mass is 28.4. The average Bonchev–Trinajstić information content (AvgIpc) is 2.08. The van der Waals surface area contributed by atoms with Crippen LogP contribution in [0, 0.1) is 0 Å². The second-order valence-corrected chi connectivity index (χ2v) is 6.09. The molecule has 5 heteroatoms. The number of ether oxygens (including phenoxy) is 1. The Morgan fingerprint density at radius 1 is 1.33 bits per heavy atom. The Bertz CT molecular complexity index is 136. The summed E-state index contributed by atoms with van der Waals surface area (Å²) in [7, 11) is 0.949. The van der Waals surface area contributed by atoms with Gasteiger partial charge in [0.15, 0.2) is 0 Å². The fraction of sp³-hybridized carbons (Fsp3) is 0.857. The van der Waals surface area contributed by atoms with E-state index in [0.717, 1.165) is 6.04 Å². The van der Waals surface area contributed by atoms with Crippen molar-refractivity contribution in [2.24, 2.45) is 0 Å². The van der Waals surface area contributed by atoms with Gasteiger partial charge in [-0.2, -0.15) is 0 Å². The molecule has 0 bridgehead atoms. The third kappa shape index (κ3) is 3.34. The SMILES string of the molecule is CC[Si](COC(C)=O)(OC)OC. The van der Waals surface area contributed by atoms with Crippen molar-refractivity contribution in [1.29, 1.82) is 0 Å². The molecule has 0 aromatic carbocycles. The summed E-state index contributed by atoms with van der Waals surface area (Å²) in [6.07, 6.45) is 0.270. The molecule has 0 aliphatic carbocycles. The van der Waals surface area contributed by atoms with Crippen molar-refractivity contribution in [2.75, 3.05) is 20.4 Å². The highest BCUT2D eigenvalue weighted by molar-refractivity contribution is 6.67. The van der Waals surface area contributed by atoms with E-state index in [0.29, 0.717) is 0 Å². The summed E-state index contributed by atoms with van der Waals surface area (Å²) in [5, 5.41) is 0. The molecule has 4 nitrogen and oxygen atoms in total. The van der Waals surface area contributed by atoms with Crippen LogP contribution in [0.25, 0.3) is 0 Å². The normalized spacial score (nSPS) is 11.3. The van der Waals surface area contributed by atoms with E-state index in [1.54, 1.807) is 14.2 Å². The first-order valence-electron chi connectivity index (χ1n) is 3.84. The lowest BCUT2D eigenvalue weighted by Crippen LogP contribution is -2.45. The van der Waals surface area contributed by atoms with Crippen molar-refractivity contribution in [3.05, 3.63) is 0 Å². The number of carbonyl (C=O) groups is 1. The van der Waals surface area contributed by atoms with Gasteiger partial charge in [0.05, 0.1) is 0 Å². The molecule has 0 aliphatic heterocycles. The lowest BCUT2D eigenvalue weighted by Gasteiger charge is -2.24. The molecule has 0 aromatic heterocycles. The fourth-order valence-electron chi connectivity index (χ4n) is 0.804. The van der Waals surface area contributed by atoms with Crippen molar-refractivity contribution in [2.45, 2.75) is 19.9 Å². The van der Waals surface area contributed by atoms with Crippen molar-refractivity contribution in [3.63, 3.8) is 0 Å². The van der Waals surface area contributed by atoms with Gasteiger partial charge in [0.25, 0.3) is 0 Å². The van der Waals surface area contributed by atoms with Gasteiger partial charge >= 0.3 is 14.5 Å². The molecule has 0 spiro atoms. The van der Waals surface area contributed by atoms with Crippen LogP contribution in [-0.4, -0.2) is 35.0 Å². The Morgan fingerprint density at radius 2 is 1.83 bits per heavy atom. The van der Waals surface area contributed by atoms with E-state index in [2.05, 4.69) is 0 Å². The van der Waals surface area contributed by atoms with Crippen molar-refractivity contribution in [1.82, 2.24) is 0 Å². The lowest BCUT2D eigenvalue weighted by molar-refractivity contribution is -0.139. The summed E-state index contributed by atoms with van der Waals surface area (Å²) in [5.74, 6) is -0.297. The number of hydrogen-bond acceptors (Lipinski definition) is 4. The first-order valence-corrected chi connectivity index (χ1v) is 6.07. The molecule has 12 heavy (non-hydrogen) atoms. The van der Waals surface area contributed by atoms with Gasteiger partial charge in [0.1, 0.15) is 6.23 Å². The standard InChI is InChI=1S/C7H16O4Si/c1-5-12(9-3,10-4)6-11-7(2)8/h5-6H2,1-4H3. The average molecular weight is 192 g/mol. The predicted octanol–water partition coefficient (Wildman–Crippen LogP) is 0.844. The molecular formula is C7H16O4Si. The van der Waals surface area contributed by atoms with Crippen LogP contribution in [-0.2, 0) is 18.4 Å². The van der Waals surface area contributed by atoms with E-state index in [4.69, 9.17) is 13.6 Å². The zero-order chi connectivity index (χ0) is 9.61. The van der Waals surface area contributed by atoms with E-state index >= 15 is 0 Å². The van der Waals surface area contributed by atoms with Crippen molar-refractivity contribution >= 4 is 14.5 Å². The Morgan fingerprint density at radius 3 is 2.08 bits per heavy atom. The van der Waals surface area contributed by atoms with Gasteiger partial charge in [0.2, 0.25) is 0 Å². The van der Waals surface area contributed by atoms with E-state index in [1.807, 2.05) is 6.92 Å². The molecule has 0 saturated heterocycles. The van der Waals surface area contributed by atoms with Gasteiger partial charge < -0.3 is 13.6 Å². The van der Waals surface area contributed by atoms with Crippen molar-refractivity contribution < 1.29 is 18.4 Å². The molecule has 0 heterocycles. The zero-order valence-electron chi connectivity index (χ0n) is 8.05. The topological polar surface area (TPSA) is 44.8 Å². The second kappa shape index (κ2) is 5.29. The zero-order valence-corrected chi connectivity index (χ0v) is 9.05. The van der Waals surface area contributed by atoms with E-state index in [9.17, 15) is 4.79 Å². The quantitative estimate of drug-likeness (QED) is 0.478. The molecule has 72 valence electrons.